The molecule has 0 bridgehead atoms. The van der Waals surface area contributed by atoms with Crippen LogP contribution in [-0.4, -0.2) is 44.3 Å². The van der Waals surface area contributed by atoms with Crippen LogP contribution < -0.4 is 4.90 Å². The van der Waals surface area contributed by atoms with Gasteiger partial charge in [-0.1, -0.05) is 12.1 Å². The van der Waals surface area contributed by atoms with Gasteiger partial charge in [-0.25, -0.2) is 0 Å². The van der Waals surface area contributed by atoms with Crippen molar-refractivity contribution in [3.63, 3.8) is 0 Å². The molecule has 17 heavy (non-hydrogen) atoms. The highest BCUT2D eigenvalue weighted by atomic mass is 16.5. The second-order valence-electron chi connectivity index (χ2n) is 3.78. The lowest BCUT2D eigenvalue weighted by atomic mass is 10.1. The molecule has 0 aromatic heterocycles. The Morgan fingerprint density at radius 1 is 1.35 bits per heavy atom. The van der Waals surface area contributed by atoms with E-state index in [2.05, 4.69) is 0 Å². The highest BCUT2D eigenvalue weighted by Gasteiger charge is 2.12. The average Bonchev–Trinajstić information content (AvgIpc) is 2.34. The fourth-order valence-electron chi connectivity index (χ4n) is 1.72. The standard InChI is InChI=1S/C13H19NO3/c1-11(16)12-5-3-4-6-13(12)14(7-9-15)8-10-17-2/h3-6,15H,7-10H2,1-2H3. The van der Waals surface area contributed by atoms with E-state index in [4.69, 9.17) is 9.84 Å². The SMILES string of the molecule is COCCN(CCO)c1ccccc1C(C)=O. The first kappa shape index (κ1) is 13.7. The van der Waals surface area contributed by atoms with E-state index in [-0.39, 0.29) is 12.4 Å². The van der Waals surface area contributed by atoms with Crippen molar-refractivity contribution in [2.24, 2.45) is 0 Å². The highest BCUT2D eigenvalue weighted by Crippen LogP contribution is 2.20. The van der Waals surface area contributed by atoms with E-state index in [1.807, 2.05) is 23.1 Å². The molecule has 1 aromatic carbocycles. The van der Waals surface area contributed by atoms with Crippen LogP contribution in [0.2, 0.25) is 0 Å². The lowest BCUT2D eigenvalue weighted by Gasteiger charge is -2.25. The summed E-state index contributed by atoms with van der Waals surface area (Å²) in [6.07, 6.45) is 0. The molecule has 0 fully saturated rings. The molecule has 0 aliphatic rings. The fourth-order valence-corrected chi connectivity index (χ4v) is 1.72. The van der Waals surface area contributed by atoms with Gasteiger partial charge in [-0.2, -0.15) is 0 Å². The smallest absolute Gasteiger partial charge is 0.161 e. The van der Waals surface area contributed by atoms with Crippen molar-refractivity contribution in [3.8, 4) is 0 Å². The monoisotopic (exact) mass is 237 g/mol. The number of methoxy groups -OCH3 is 1. The summed E-state index contributed by atoms with van der Waals surface area (Å²) in [5, 5.41) is 9.06. The molecule has 0 atom stereocenters. The zero-order chi connectivity index (χ0) is 12.7. The van der Waals surface area contributed by atoms with Crippen molar-refractivity contribution in [2.75, 3.05) is 38.3 Å². The molecular formula is C13H19NO3. The first-order chi connectivity index (χ1) is 8.20. The highest BCUT2D eigenvalue weighted by molar-refractivity contribution is 5.99. The first-order valence-corrected chi connectivity index (χ1v) is 5.65. The minimum atomic E-state index is 0.0287. The van der Waals surface area contributed by atoms with Crippen molar-refractivity contribution in [3.05, 3.63) is 29.8 Å². The number of rotatable bonds is 7. The number of carbonyl (C=O) groups is 1. The van der Waals surface area contributed by atoms with Crippen LogP contribution in [0.5, 0.6) is 0 Å². The lowest BCUT2D eigenvalue weighted by Crippen LogP contribution is -2.31. The number of aliphatic hydroxyl groups is 1. The van der Waals surface area contributed by atoms with Crippen molar-refractivity contribution in [1.82, 2.24) is 0 Å². The third-order valence-corrected chi connectivity index (χ3v) is 2.56. The zero-order valence-electron chi connectivity index (χ0n) is 10.3. The molecule has 4 nitrogen and oxygen atoms in total. The van der Waals surface area contributed by atoms with Crippen LogP contribution >= 0.6 is 0 Å². The predicted octanol–water partition coefficient (Wildman–Crippen LogP) is 1.33. The van der Waals surface area contributed by atoms with Gasteiger partial charge in [0.25, 0.3) is 0 Å². The van der Waals surface area contributed by atoms with Crippen LogP contribution in [0.4, 0.5) is 5.69 Å². The number of hydrogen-bond donors (Lipinski definition) is 1. The fraction of sp³-hybridized carbons (Fsp3) is 0.462. The summed E-state index contributed by atoms with van der Waals surface area (Å²) in [5.41, 5.74) is 1.53. The normalized spacial score (nSPS) is 10.3. The van der Waals surface area contributed by atoms with E-state index in [0.29, 0.717) is 25.3 Å². The maximum absolute atomic E-state index is 11.5. The van der Waals surface area contributed by atoms with E-state index >= 15 is 0 Å². The number of para-hydroxylation sites is 1. The Morgan fingerprint density at radius 2 is 2.06 bits per heavy atom. The van der Waals surface area contributed by atoms with Crippen LogP contribution in [0.15, 0.2) is 24.3 Å². The third kappa shape index (κ3) is 3.84. The number of nitrogens with zero attached hydrogens (tertiary/aromatic N) is 1. The second-order valence-corrected chi connectivity index (χ2v) is 3.78. The Balaban J connectivity index is 2.95. The number of carbonyl (C=O) groups excluding carboxylic acids is 1. The van der Waals surface area contributed by atoms with Crippen LogP contribution in [0.25, 0.3) is 0 Å². The second kappa shape index (κ2) is 7.04. The Kier molecular flexibility index (Phi) is 5.66. The van der Waals surface area contributed by atoms with E-state index in [1.54, 1.807) is 20.1 Å². The van der Waals surface area contributed by atoms with Crippen molar-refractivity contribution < 1.29 is 14.6 Å². The van der Waals surface area contributed by atoms with Gasteiger partial charge in [-0.05, 0) is 19.1 Å². The molecule has 0 spiro atoms. The maximum Gasteiger partial charge on any atom is 0.161 e. The van der Waals surface area contributed by atoms with Crippen molar-refractivity contribution in [2.45, 2.75) is 6.92 Å². The maximum atomic E-state index is 11.5. The summed E-state index contributed by atoms with van der Waals surface area (Å²) < 4.78 is 5.03. The van der Waals surface area contributed by atoms with E-state index in [0.717, 1.165) is 5.69 Å². The summed E-state index contributed by atoms with van der Waals surface area (Å²) >= 11 is 0. The van der Waals surface area contributed by atoms with Gasteiger partial charge in [0.05, 0.1) is 13.2 Å². The van der Waals surface area contributed by atoms with Gasteiger partial charge in [0.2, 0.25) is 0 Å². The van der Waals surface area contributed by atoms with E-state index in [9.17, 15) is 4.79 Å². The molecule has 1 aromatic rings. The molecule has 1 N–H and O–H groups in total. The third-order valence-electron chi connectivity index (χ3n) is 2.56. The summed E-state index contributed by atoms with van der Waals surface area (Å²) in [6, 6.07) is 7.42. The van der Waals surface area contributed by atoms with Crippen molar-refractivity contribution in [1.29, 1.82) is 0 Å². The zero-order valence-corrected chi connectivity index (χ0v) is 10.3. The largest absolute Gasteiger partial charge is 0.395 e. The number of hydrogen-bond acceptors (Lipinski definition) is 4. The Bertz CT molecular complexity index is 365. The molecule has 0 radical (unpaired) electrons. The Morgan fingerprint density at radius 3 is 2.65 bits per heavy atom. The minimum absolute atomic E-state index is 0.0287. The molecule has 94 valence electrons. The number of ether oxygens (including phenoxy) is 1. The molecular weight excluding hydrogens is 218 g/mol. The minimum Gasteiger partial charge on any atom is -0.395 e. The van der Waals surface area contributed by atoms with Gasteiger partial charge in [-0.15, -0.1) is 0 Å². The first-order valence-electron chi connectivity index (χ1n) is 5.65. The summed E-state index contributed by atoms with van der Waals surface area (Å²) in [6.45, 7) is 3.31. The van der Waals surface area contributed by atoms with E-state index in [1.165, 1.54) is 0 Å². The van der Waals surface area contributed by atoms with Crippen molar-refractivity contribution >= 4 is 11.5 Å². The molecule has 0 heterocycles. The van der Waals surface area contributed by atoms with Crippen LogP contribution in [0.1, 0.15) is 17.3 Å². The Hall–Kier alpha value is -1.39. The topological polar surface area (TPSA) is 49.8 Å². The number of anilines is 1. The summed E-state index contributed by atoms with van der Waals surface area (Å²) in [7, 11) is 1.63. The quantitative estimate of drug-likeness (QED) is 0.727. The number of aliphatic hydroxyl groups excluding tert-OH is 1. The van der Waals surface area contributed by atoms with Crippen LogP contribution in [0, 0.1) is 0 Å². The van der Waals surface area contributed by atoms with Gasteiger partial charge in [0.1, 0.15) is 0 Å². The predicted molar refractivity (Wildman–Crippen MR) is 67.6 cm³/mol. The molecule has 0 aliphatic carbocycles. The van der Waals surface area contributed by atoms with Gasteiger partial charge in [0, 0.05) is 31.5 Å². The number of benzene rings is 1. The molecule has 4 heteroatoms. The molecule has 0 saturated carbocycles. The molecule has 0 saturated heterocycles. The van der Waals surface area contributed by atoms with Crippen LogP contribution in [-0.2, 0) is 4.74 Å². The Labute approximate surface area is 102 Å². The number of Topliss-reactive ketones (excluding diaryl/α,β-unsaturated/α-hetero) is 1. The number of ketones is 1. The summed E-state index contributed by atoms with van der Waals surface area (Å²) in [5.74, 6) is 0.0287. The van der Waals surface area contributed by atoms with Gasteiger partial charge < -0.3 is 14.7 Å². The van der Waals surface area contributed by atoms with Crippen LogP contribution in [0.3, 0.4) is 0 Å². The van der Waals surface area contributed by atoms with Gasteiger partial charge in [-0.3, -0.25) is 4.79 Å². The molecule has 0 aliphatic heterocycles. The van der Waals surface area contributed by atoms with Gasteiger partial charge >= 0.3 is 0 Å². The average molecular weight is 237 g/mol. The molecule has 1 rings (SSSR count). The van der Waals surface area contributed by atoms with Gasteiger partial charge in [0.15, 0.2) is 5.78 Å². The summed E-state index contributed by atoms with van der Waals surface area (Å²) in [4.78, 5) is 13.5. The lowest BCUT2D eigenvalue weighted by molar-refractivity contribution is 0.101. The van der Waals surface area contributed by atoms with E-state index < -0.39 is 0 Å². The molecule has 0 amide bonds. The molecule has 0 unspecified atom stereocenters.